The highest BCUT2D eigenvalue weighted by Gasteiger charge is 2.17. The van der Waals surface area contributed by atoms with Crippen molar-refractivity contribution in [2.75, 3.05) is 5.32 Å². The fourth-order valence-electron chi connectivity index (χ4n) is 2.13. The van der Waals surface area contributed by atoms with Crippen LogP contribution in [0.5, 0.6) is 0 Å². The summed E-state index contributed by atoms with van der Waals surface area (Å²) in [5.41, 5.74) is 2.04. The number of carbonyl (C=O) groups is 1. The number of nitro groups is 1. The zero-order valence-electron chi connectivity index (χ0n) is 13.0. The van der Waals surface area contributed by atoms with E-state index < -0.39 is 4.92 Å². The molecule has 1 aromatic heterocycles. The Morgan fingerprint density at radius 1 is 1.39 bits per heavy atom. The third-order valence-electron chi connectivity index (χ3n) is 3.53. The summed E-state index contributed by atoms with van der Waals surface area (Å²) < 4.78 is 1.71. The molecule has 2 aromatic rings. The van der Waals surface area contributed by atoms with E-state index in [0.717, 1.165) is 11.4 Å². The number of hydrogen-bond acceptors (Lipinski definition) is 4. The number of aromatic nitrogens is 2. The zero-order chi connectivity index (χ0) is 17.1. The standard InChI is InChI=1S/C15H17ClN4O3/c1-9(8-19-11(3)14(16)10(2)18-19)15(21)17-12-4-6-13(7-5-12)20(22)23/h4-7,9H,8H2,1-3H3,(H,17,21). The molecule has 1 amide bonds. The van der Waals surface area contributed by atoms with E-state index in [1.165, 1.54) is 24.3 Å². The monoisotopic (exact) mass is 336 g/mol. The molecule has 8 heteroatoms. The fourth-order valence-corrected chi connectivity index (χ4v) is 2.26. The van der Waals surface area contributed by atoms with Crippen molar-refractivity contribution in [2.45, 2.75) is 27.3 Å². The molecule has 1 aromatic carbocycles. The number of nitrogens with one attached hydrogen (secondary N) is 1. The van der Waals surface area contributed by atoms with Gasteiger partial charge in [0.15, 0.2) is 0 Å². The molecule has 1 heterocycles. The summed E-state index contributed by atoms with van der Waals surface area (Å²) in [6.07, 6.45) is 0. The number of halogens is 1. The Bertz CT molecular complexity index is 740. The average Bonchev–Trinajstić information content (AvgIpc) is 2.75. The molecule has 1 atom stereocenters. The third-order valence-corrected chi connectivity index (χ3v) is 4.08. The van der Waals surface area contributed by atoms with Crippen LogP contribution in [0.15, 0.2) is 24.3 Å². The molecule has 0 saturated carbocycles. The van der Waals surface area contributed by atoms with Gasteiger partial charge in [-0.15, -0.1) is 0 Å². The number of hydrogen-bond donors (Lipinski definition) is 1. The predicted molar refractivity (Wildman–Crippen MR) is 87.6 cm³/mol. The second-order valence-corrected chi connectivity index (χ2v) is 5.74. The van der Waals surface area contributed by atoms with Gasteiger partial charge in [-0.25, -0.2) is 0 Å². The van der Waals surface area contributed by atoms with Crippen molar-refractivity contribution in [3.05, 3.63) is 50.8 Å². The van der Waals surface area contributed by atoms with Gasteiger partial charge in [-0.3, -0.25) is 19.6 Å². The maximum Gasteiger partial charge on any atom is 0.269 e. The summed E-state index contributed by atoms with van der Waals surface area (Å²) in [7, 11) is 0. The average molecular weight is 337 g/mol. The van der Waals surface area contributed by atoms with Crippen LogP contribution in [0.4, 0.5) is 11.4 Å². The Morgan fingerprint density at radius 2 is 2.00 bits per heavy atom. The topological polar surface area (TPSA) is 90.1 Å². The van der Waals surface area contributed by atoms with Crippen molar-refractivity contribution in [2.24, 2.45) is 5.92 Å². The molecule has 7 nitrogen and oxygen atoms in total. The largest absolute Gasteiger partial charge is 0.326 e. The molecular weight excluding hydrogens is 320 g/mol. The lowest BCUT2D eigenvalue weighted by molar-refractivity contribution is -0.384. The molecule has 23 heavy (non-hydrogen) atoms. The Morgan fingerprint density at radius 3 is 2.48 bits per heavy atom. The Hall–Kier alpha value is -2.41. The molecule has 0 bridgehead atoms. The van der Waals surface area contributed by atoms with Crippen LogP contribution in [-0.4, -0.2) is 20.6 Å². The van der Waals surface area contributed by atoms with Gasteiger partial charge >= 0.3 is 0 Å². The van der Waals surface area contributed by atoms with Crippen LogP contribution >= 0.6 is 11.6 Å². The SMILES string of the molecule is Cc1nn(CC(C)C(=O)Nc2ccc([N+](=O)[O-])cc2)c(C)c1Cl. The van der Waals surface area contributed by atoms with Crippen LogP contribution in [0.2, 0.25) is 5.02 Å². The first-order chi connectivity index (χ1) is 10.8. The highest BCUT2D eigenvalue weighted by Crippen LogP contribution is 2.20. The van der Waals surface area contributed by atoms with E-state index in [9.17, 15) is 14.9 Å². The van der Waals surface area contributed by atoms with E-state index in [1.807, 2.05) is 13.8 Å². The number of aryl methyl sites for hydroxylation is 1. The van der Waals surface area contributed by atoms with Gasteiger partial charge in [-0.2, -0.15) is 5.10 Å². The van der Waals surface area contributed by atoms with Crippen molar-refractivity contribution < 1.29 is 9.72 Å². The van der Waals surface area contributed by atoms with E-state index >= 15 is 0 Å². The van der Waals surface area contributed by atoms with E-state index in [1.54, 1.807) is 11.6 Å². The molecule has 0 aliphatic heterocycles. The van der Waals surface area contributed by atoms with Gasteiger partial charge in [-0.05, 0) is 26.0 Å². The van der Waals surface area contributed by atoms with E-state index in [4.69, 9.17) is 11.6 Å². The smallest absolute Gasteiger partial charge is 0.269 e. The lowest BCUT2D eigenvalue weighted by Crippen LogP contribution is -2.25. The minimum atomic E-state index is -0.485. The van der Waals surface area contributed by atoms with Gasteiger partial charge in [0.05, 0.1) is 33.8 Å². The number of benzene rings is 1. The van der Waals surface area contributed by atoms with Gasteiger partial charge in [0.2, 0.25) is 5.91 Å². The second-order valence-electron chi connectivity index (χ2n) is 5.36. The summed E-state index contributed by atoms with van der Waals surface area (Å²) in [5.74, 6) is -0.526. The number of carbonyl (C=O) groups excluding carboxylic acids is 1. The normalized spacial score (nSPS) is 12.0. The van der Waals surface area contributed by atoms with E-state index in [2.05, 4.69) is 10.4 Å². The number of anilines is 1. The van der Waals surface area contributed by atoms with Crippen molar-refractivity contribution in [1.29, 1.82) is 0 Å². The fraction of sp³-hybridized carbons (Fsp3) is 0.333. The van der Waals surface area contributed by atoms with Crippen molar-refractivity contribution in [1.82, 2.24) is 9.78 Å². The highest BCUT2D eigenvalue weighted by molar-refractivity contribution is 6.31. The Labute approximate surface area is 138 Å². The van der Waals surface area contributed by atoms with Gasteiger partial charge in [0, 0.05) is 17.8 Å². The summed E-state index contributed by atoms with van der Waals surface area (Å²) in [6, 6.07) is 5.70. The van der Waals surface area contributed by atoms with Gasteiger partial charge in [-0.1, -0.05) is 18.5 Å². The second kappa shape index (κ2) is 6.78. The third kappa shape index (κ3) is 3.87. The van der Waals surface area contributed by atoms with Crippen molar-refractivity contribution >= 4 is 28.9 Å². The highest BCUT2D eigenvalue weighted by atomic mass is 35.5. The quantitative estimate of drug-likeness (QED) is 0.669. The minimum absolute atomic E-state index is 0.0201. The first kappa shape index (κ1) is 17.0. The van der Waals surface area contributed by atoms with Crippen molar-refractivity contribution in [3.63, 3.8) is 0 Å². The number of nitro benzene ring substituents is 1. The maximum absolute atomic E-state index is 12.2. The molecule has 122 valence electrons. The summed E-state index contributed by atoms with van der Waals surface area (Å²) >= 11 is 6.09. The summed E-state index contributed by atoms with van der Waals surface area (Å²) in [5, 5.41) is 18.2. The first-order valence-electron chi connectivity index (χ1n) is 7.04. The van der Waals surface area contributed by atoms with Gasteiger partial charge in [0.25, 0.3) is 5.69 Å². The number of nitrogens with zero attached hydrogens (tertiary/aromatic N) is 3. The van der Waals surface area contributed by atoms with Gasteiger partial charge in [0.1, 0.15) is 0 Å². The lowest BCUT2D eigenvalue weighted by Gasteiger charge is -2.13. The van der Waals surface area contributed by atoms with E-state index in [-0.39, 0.29) is 17.5 Å². The summed E-state index contributed by atoms with van der Waals surface area (Å²) in [6.45, 7) is 5.85. The molecule has 0 aliphatic carbocycles. The molecule has 0 aliphatic rings. The first-order valence-corrected chi connectivity index (χ1v) is 7.42. The molecule has 1 unspecified atom stereocenters. The number of non-ortho nitro benzene ring substituents is 1. The summed E-state index contributed by atoms with van der Waals surface area (Å²) in [4.78, 5) is 22.3. The maximum atomic E-state index is 12.2. The predicted octanol–water partition coefficient (Wildman–Crippen LogP) is 3.34. The number of amides is 1. The minimum Gasteiger partial charge on any atom is -0.326 e. The molecule has 0 spiro atoms. The number of rotatable bonds is 5. The van der Waals surface area contributed by atoms with Crippen LogP contribution < -0.4 is 5.32 Å². The van der Waals surface area contributed by atoms with Crippen LogP contribution in [0.1, 0.15) is 18.3 Å². The van der Waals surface area contributed by atoms with Crippen LogP contribution in [-0.2, 0) is 11.3 Å². The molecule has 0 fully saturated rings. The molecule has 0 saturated heterocycles. The Balaban J connectivity index is 2.02. The molecular formula is C15H17ClN4O3. The Kier molecular flexibility index (Phi) is 5.00. The lowest BCUT2D eigenvalue weighted by atomic mass is 10.1. The molecule has 1 N–H and O–H groups in total. The van der Waals surface area contributed by atoms with Crippen LogP contribution in [0.25, 0.3) is 0 Å². The van der Waals surface area contributed by atoms with Gasteiger partial charge < -0.3 is 5.32 Å². The van der Waals surface area contributed by atoms with Crippen molar-refractivity contribution in [3.8, 4) is 0 Å². The zero-order valence-corrected chi connectivity index (χ0v) is 13.8. The molecule has 2 rings (SSSR count). The van der Waals surface area contributed by atoms with Crippen LogP contribution in [0, 0.1) is 29.9 Å². The van der Waals surface area contributed by atoms with Crippen LogP contribution in [0.3, 0.4) is 0 Å². The molecule has 0 radical (unpaired) electrons. The van der Waals surface area contributed by atoms with E-state index in [0.29, 0.717) is 17.3 Å².